The summed E-state index contributed by atoms with van der Waals surface area (Å²) in [6, 6.07) is 23.1. The molecule has 1 saturated heterocycles. The Bertz CT molecular complexity index is 1210. The van der Waals surface area contributed by atoms with Gasteiger partial charge in [-0.05, 0) is 117 Å². The second-order valence-electron chi connectivity index (χ2n) is 11.0. The molecular formula is C32H37FN2S. The Labute approximate surface area is 220 Å². The first-order valence-electron chi connectivity index (χ1n) is 13.4. The number of piperidine rings is 1. The molecule has 0 unspecified atom stereocenters. The van der Waals surface area contributed by atoms with Crippen LogP contribution in [0.2, 0.25) is 0 Å². The molecule has 36 heavy (non-hydrogen) atoms. The summed E-state index contributed by atoms with van der Waals surface area (Å²) >= 11 is 5.75. The molecule has 3 aromatic rings. The number of nitrogens with zero attached hydrogens (tertiary/aromatic N) is 1. The van der Waals surface area contributed by atoms with Crippen molar-refractivity contribution in [2.24, 2.45) is 5.92 Å². The van der Waals surface area contributed by atoms with E-state index in [1.54, 1.807) is 13.0 Å². The van der Waals surface area contributed by atoms with Crippen LogP contribution in [0.3, 0.4) is 0 Å². The van der Waals surface area contributed by atoms with Crippen molar-refractivity contribution >= 4 is 22.9 Å². The van der Waals surface area contributed by atoms with E-state index in [1.165, 1.54) is 60.5 Å². The predicted molar refractivity (Wildman–Crippen MR) is 153 cm³/mol. The van der Waals surface area contributed by atoms with Gasteiger partial charge in [0.25, 0.3) is 0 Å². The maximum absolute atomic E-state index is 13.7. The minimum absolute atomic E-state index is 0.135. The standard InChI is InChI=1S/C32H37FN2S/c1-23-4-3-5-27(20-23)26-8-10-28(11-9-26)32(16-18-35(19-17-32)22-25-6-7-25)15-14-31(36)34-29-12-13-30(33)24(2)21-29/h3-5,8-13,20-21,25H,6-7,14-19,22H2,1-2H3,(H,34,36). The van der Waals surface area contributed by atoms with E-state index in [4.69, 9.17) is 12.2 Å². The topological polar surface area (TPSA) is 15.3 Å². The second kappa shape index (κ2) is 10.8. The van der Waals surface area contributed by atoms with Crippen LogP contribution in [-0.2, 0) is 5.41 Å². The lowest BCUT2D eigenvalue weighted by Gasteiger charge is -2.43. The highest BCUT2D eigenvalue weighted by Crippen LogP contribution is 2.42. The molecule has 188 valence electrons. The highest BCUT2D eigenvalue weighted by Gasteiger charge is 2.37. The number of halogens is 1. The second-order valence-corrected chi connectivity index (χ2v) is 11.5. The van der Waals surface area contributed by atoms with E-state index in [-0.39, 0.29) is 11.2 Å². The molecule has 2 nitrogen and oxygen atoms in total. The van der Waals surface area contributed by atoms with Gasteiger partial charge in [0.2, 0.25) is 0 Å². The SMILES string of the molecule is Cc1cccc(-c2ccc(C3(CCC(=S)Nc4ccc(F)c(C)c4)CCN(CC4CC4)CC3)cc2)c1. The maximum atomic E-state index is 13.7. The Hall–Kier alpha value is -2.56. The molecule has 0 bridgehead atoms. The van der Waals surface area contributed by atoms with Crippen LogP contribution >= 0.6 is 12.2 Å². The lowest BCUT2D eigenvalue weighted by Crippen LogP contribution is -2.43. The molecule has 1 heterocycles. The van der Waals surface area contributed by atoms with Crippen LogP contribution in [0.4, 0.5) is 10.1 Å². The Kier molecular flexibility index (Phi) is 7.55. The normalized spacial score (nSPS) is 17.6. The maximum Gasteiger partial charge on any atom is 0.126 e. The van der Waals surface area contributed by atoms with Gasteiger partial charge < -0.3 is 10.2 Å². The predicted octanol–water partition coefficient (Wildman–Crippen LogP) is 8.07. The summed E-state index contributed by atoms with van der Waals surface area (Å²) in [5.74, 6) is 0.750. The van der Waals surface area contributed by atoms with Crippen molar-refractivity contribution < 1.29 is 4.39 Å². The van der Waals surface area contributed by atoms with Crippen molar-refractivity contribution in [2.45, 2.75) is 57.8 Å². The summed E-state index contributed by atoms with van der Waals surface area (Å²) < 4.78 is 13.7. The molecule has 1 saturated carbocycles. The monoisotopic (exact) mass is 500 g/mol. The number of benzene rings is 3. The number of thiocarbonyl (C=S) groups is 1. The summed E-state index contributed by atoms with van der Waals surface area (Å²) in [7, 11) is 0. The van der Waals surface area contributed by atoms with Gasteiger partial charge in [-0.15, -0.1) is 0 Å². The first-order chi connectivity index (χ1) is 17.4. The molecule has 0 radical (unpaired) electrons. The van der Waals surface area contributed by atoms with E-state index >= 15 is 0 Å². The highest BCUT2D eigenvalue weighted by molar-refractivity contribution is 7.80. The van der Waals surface area contributed by atoms with Crippen molar-refractivity contribution in [3.63, 3.8) is 0 Å². The number of anilines is 1. The quantitative estimate of drug-likeness (QED) is 0.315. The molecule has 0 spiro atoms. The first kappa shape index (κ1) is 25.1. The summed E-state index contributed by atoms with van der Waals surface area (Å²) in [6.07, 6.45) is 7.01. The van der Waals surface area contributed by atoms with Gasteiger partial charge in [0.15, 0.2) is 0 Å². The van der Waals surface area contributed by atoms with E-state index in [1.807, 2.05) is 6.07 Å². The van der Waals surface area contributed by atoms with Crippen LogP contribution in [-0.4, -0.2) is 29.5 Å². The minimum atomic E-state index is -0.183. The zero-order chi connectivity index (χ0) is 25.1. The van der Waals surface area contributed by atoms with Crippen molar-refractivity contribution in [2.75, 3.05) is 25.0 Å². The molecule has 1 N–H and O–H groups in total. The van der Waals surface area contributed by atoms with Crippen molar-refractivity contribution in [1.29, 1.82) is 0 Å². The van der Waals surface area contributed by atoms with Gasteiger partial charge in [-0.25, -0.2) is 4.39 Å². The molecule has 0 aromatic heterocycles. The van der Waals surface area contributed by atoms with Gasteiger partial charge >= 0.3 is 0 Å². The number of rotatable bonds is 8. The van der Waals surface area contributed by atoms with Crippen molar-refractivity contribution in [3.8, 4) is 11.1 Å². The summed E-state index contributed by atoms with van der Waals surface area (Å²) in [4.78, 5) is 3.51. The molecule has 0 atom stereocenters. The lowest BCUT2D eigenvalue weighted by molar-refractivity contribution is 0.148. The number of hydrogen-bond donors (Lipinski definition) is 1. The molecule has 5 rings (SSSR count). The summed E-state index contributed by atoms with van der Waals surface area (Å²) in [6.45, 7) is 7.52. The van der Waals surface area contributed by atoms with Crippen LogP contribution in [0.15, 0.2) is 66.7 Å². The smallest absolute Gasteiger partial charge is 0.126 e. The number of aryl methyl sites for hydroxylation is 2. The van der Waals surface area contributed by atoms with Crippen LogP contribution in [0, 0.1) is 25.6 Å². The van der Waals surface area contributed by atoms with E-state index < -0.39 is 0 Å². The Morgan fingerprint density at radius 1 is 0.972 bits per heavy atom. The van der Waals surface area contributed by atoms with Gasteiger partial charge in [0.1, 0.15) is 5.82 Å². The Morgan fingerprint density at radius 3 is 2.39 bits per heavy atom. The third kappa shape index (κ3) is 6.04. The highest BCUT2D eigenvalue weighted by atomic mass is 32.1. The first-order valence-corrected chi connectivity index (χ1v) is 13.8. The fourth-order valence-corrected chi connectivity index (χ4v) is 5.87. The molecule has 4 heteroatoms. The van der Waals surface area contributed by atoms with Gasteiger partial charge in [-0.2, -0.15) is 0 Å². The molecule has 2 fully saturated rings. The molecule has 3 aromatic carbocycles. The average Bonchev–Trinajstić information content (AvgIpc) is 3.70. The van der Waals surface area contributed by atoms with E-state index in [0.717, 1.165) is 42.5 Å². The van der Waals surface area contributed by atoms with Crippen LogP contribution in [0.5, 0.6) is 0 Å². The molecule has 0 amide bonds. The van der Waals surface area contributed by atoms with Crippen molar-refractivity contribution in [1.82, 2.24) is 4.90 Å². The summed E-state index contributed by atoms with van der Waals surface area (Å²) in [5, 5.41) is 3.35. The van der Waals surface area contributed by atoms with Crippen LogP contribution in [0.1, 0.15) is 55.2 Å². The van der Waals surface area contributed by atoms with Gasteiger partial charge in [-0.3, -0.25) is 0 Å². The zero-order valence-electron chi connectivity index (χ0n) is 21.5. The average molecular weight is 501 g/mol. The molecular weight excluding hydrogens is 463 g/mol. The van der Waals surface area contributed by atoms with E-state index in [9.17, 15) is 4.39 Å². The van der Waals surface area contributed by atoms with Gasteiger partial charge in [-0.1, -0.05) is 66.3 Å². The largest absolute Gasteiger partial charge is 0.350 e. The molecule has 1 aliphatic heterocycles. The number of likely N-dealkylation sites (tertiary alicyclic amines) is 1. The third-order valence-electron chi connectivity index (χ3n) is 8.15. The zero-order valence-corrected chi connectivity index (χ0v) is 22.3. The van der Waals surface area contributed by atoms with Crippen LogP contribution in [0.25, 0.3) is 11.1 Å². The fraction of sp³-hybridized carbons (Fsp3) is 0.406. The van der Waals surface area contributed by atoms with Crippen molar-refractivity contribution in [3.05, 3.63) is 89.2 Å². The number of nitrogens with one attached hydrogen (secondary N) is 1. The minimum Gasteiger partial charge on any atom is -0.350 e. The van der Waals surface area contributed by atoms with E-state index in [2.05, 4.69) is 65.7 Å². The Balaban J connectivity index is 1.31. The lowest BCUT2D eigenvalue weighted by atomic mass is 9.69. The van der Waals surface area contributed by atoms with Gasteiger partial charge in [0, 0.05) is 12.2 Å². The summed E-state index contributed by atoms with van der Waals surface area (Å²) in [5.41, 5.74) is 6.90. The van der Waals surface area contributed by atoms with Crippen LogP contribution < -0.4 is 5.32 Å². The fourth-order valence-electron chi connectivity index (χ4n) is 5.65. The van der Waals surface area contributed by atoms with Gasteiger partial charge in [0.05, 0.1) is 4.99 Å². The molecule has 1 aliphatic carbocycles. The van der Waals surface area contributed by atoms with E-state index in [0.29, 0.717) is 5.56 Å². The third-order valence-corrected chi connectivity index (χ3v) is 8.45. The molecule has 2 aliphatic rings. The number of hydrogen-bond acceptors (Lipinski definition) is 2. The Morgan fingerprint density at radius 2 is 1.72 bits per heavy atom.